The fourth-order valence-corrected chi connectivity index (χ4v) is 2.86. The van der Waals surface area contributed by atoms with Gasteiger partial charge in [-0.15, -0.1) is 0 Å². The maximum atomic E-state index is 12.3. The maximum Gasteiger partial charge on any atom is 0.229 e. The van der Waals surface area contributed by atoms with Crippen LogP contribution in [-0.4, -0.2) is 20.9 Å². The van der Waals surface area contributed by atoms with E-state index in [0.717, 1.165) is 33.9 Å². The zero-order valence-corrected chi connectivity index (χ0v) is 14.0. The Hall–Kier alpha value is -3.54. The fraction of sp³-hybridized carbons (Fsp3) is 0.100. The number of aromatic amines is 1. The van der Waals surface area contributed by atoms with E-state index in [1.807, 2.05) is 42.6 Å². The summed E-state index contributed by atoms with van der Waals surface area (Å²) in [6.07, 6.45) is 10.3. The van der Waals surface area contributed by atoms with Crippen LogP contribution >= 0.6 is 0 Å². The van der Waals surface area contributed by atoms with Crippen LogP contribution in [0.3, 0.4) is 0 Å². The Balaban J connectivity index is 1.58. The van der Waals surface area contributed by atoms with E-state index in [1.54, 1.807) is 12.3 Å². The van der Waals surface area contributed by atoms with E-state index in [9.17, 15) is 4.79 Å². The molecule has 0 spiro atoms. The topological polar surface area (TPSA) is 83.0 Å². The van der Waals surface area contributed by atoms with Crippen molar-refractivity contribution in [1.29, 1.82) is 0 Å². The fourth-order valence-electron chi connectivity index (χ4n) is 2.86. The van der Waals surface area contributed by atoms with E-state index in [4.69, 9.17) is 0 Å². The molecule has 128 valence electrons. The average Bonchev–Trinajstić information content (AvgIpc) is 2.91. The summed E-state index contributed by atoms with van der Waals surface area (Å²) in [7, 11) is 0. The van der Waals surface area contributed by atoms with Gasteiger partial charge in [0.1, 0.15) is 17.6 Å². The van der Waals surface area contributed by atoms with E-state index in [-0.39, 0.29) is 5.91 Å². The molecule has 1 amide bonds. The summed E-state index contributed by atoms with van der Waals surface area (Å²) in [4.78, 5) is 28.3. The number of aromatic nitrogens is 3. The van der Waals surface area contributed by atoms with Crippen LogP contribution in [0.25, 0.3) is 17.3 Å². The molecule has 0 fully saturated rings. The van der Waals surface area contributed by atoms with Crippen LogP contribution in [0.4, 0.5) is 5.82 Å². The number of anilines is 1. The first kappa shape index (κ1) is 16.0. The second kappa shape index (κ2) is 7.14. The molecule has 0 saturated heterocycles. The van der Waals surface area contributed by atoms with Crippen LogP contribution in [0.2, 0.25) is 0 Å². The Kier molecular flexibility index (Phi) is 4.38. The van der Waals surface area contributed by atoms with Gasteiger partial charge in [-0.05, 0) is 12.0 Å². The van der Waals surface area contributed by atoms with Crippen LogP contribution in [0, 0.1) is 0 Å². The van der Waals surface area contributed by atoms with E-state index in [1.165, 1.54) is 6.33 Å². The smallest absolute Gasteiger partial charge is 0.229 e. The lowest BCUT2D eigenvalue weighted by atomic mass is 10.1. The Morgan fingerprint density at radius 1 is 1.19 bits per heavy atom. The first-order valence-corrected chi connectivity index (χ1v) is 8.36. The Bertz CT molecular complexity index is 1080. The van der Waals surface area contributed by atoms with Crippen LogP contribution < -0.4 is 16.0 Å². The largest absolute Gasteiger partial charge is 0.345 e. The first-order chi connectivity index (χ1) is 12.8. The molecule has 2 aromatic heterocycles. The zero-order chi connectivity index (χ0) is 17.8. The number of amides is 1. The van der Waals surface area contributed by atoms with Crippen molar-refractivity contribution in [3.05, 3.63) is 77.5 Å². The number of carbonyl (C=O) groups excluding carboxylic acids is 1. The summed E-state index contributed by atoms with van der Waals surface area (Å²) < 4.78 is 0. The molecule has 1 aliphatic rings. The van der Waals surface area contributed by atoms with Gasteiger partial charge >= 0.3 is 0 Å². The highest BCUT2D eigenvalue weighted by Crippen LogP contribution is 2.15. The third kappa shape index (κ3) is 3.44. The molecule has 26 heavy (non-hydrogen) atoms. The summed E-state index contributed by atoms with van der Waals surface area (Å²) in [6, 6.07) is 11.4. The number of nitrogens with one attached hydrogen (secondary N) is 2. The second-order valence-electron chi connectivity index (χ2n) is 5.92. The highest BCUT2D eigenvalue weighted by molar-refractivity contribution is 5.91. The van der Waals surface area contributed by atoms with Crippen molar-refractivity contribution < 1.29 is 4.79 Å². The molecule has 6 nitrogen and oxygen atoms in total. The lowest BCUT2D eigenvalue weighted by Crippen LogP contribution is -2.23. The quantitative estimate of drug-likeness (QED) is 0.760. The van der Waals surface area contributed by atoms with Crippen molar-refractivity contribution in [3.63, 3.8) is 0 Å². The maximum absolute atomic E-state index is 12.3. The standard InChI is InChI=1S/C20H17N5O/c26-19(10-14-6-2-1-3-7-14)25-18-11-17(23-13-24-18)16-12-22-20-15(16)8-4-5-9-21-20/h1-3,5-9,11-13H,4,10H2,(H,21,22)(H,23,24,25,26). The molecule has 3 aromatic rings. The number of nitrogens with zero attached hydrogens (tertiary/aromatic N) is 3. The number of rotatable bonds is 4. The van der Waals surface area contributed by atoms with Gasteiger partial charge in [-0.3, -0.25) is 4.79 Å². The van der Waals surface area contributed by atoms with Crippen molar-refractivity contribution in [2.75, 3.05) is 5.32 Å². The molecule has 1 aliphatic heterocycles. The van der Waals surface area contributed by atoms with Gasteiger partial charge in [0.15, 0.2) is 0 Å². The number of fused-ring (bicyclic) bond motifs is 1. The molecule has 0 saturated carbocycles. The first-order valence-electron chi connectivity index (χ1n) is 8.36. The molecule has 0 bridgehead atoms. The molecule has 0 unspecified atom stereocenters. The number of allylic oxidation sites excluding steroid dienone is 1. The number of hydrogen-bond acceptors (Lipinski definition) is 4. The summed E-state index contributed by atoms with van der Waals surface area (Å²) in [5.41, 5.74) is 3.44. The van der Waals surface area contributed by atoms with Crippen LogP contribution in [0.5, 0.6) is 0 Å². The van der Waals surface area contributed by atoms with Crippen molar-refractivity contribution in [2.45, 2.75) is 12.8 Å². The van der Waals surface area contributed by atoms with Crippen LogP contribution in [0.1, 0.15) is 12.0 Å². The van der Waals surface area contributed by atoms with Crippen molar-refractivity contribution >= 4 is 17.8 Å². The minimum atomic E-state index is -0.112. The lowest BCUT2D eigenvalue weighted by molar-refractivity contribution is -0.115. The van der Waals surface area contributed by atoms with E-state index < -0.39 is 0 Å². The molecule has 3 heterocycles. The molecule has 6 heteroatoms. The lowest BCUT2D eigenvalue weighted by Gasteiger charge is -2.06. The second-order valence-corrected chi connectivity index (χ2v) is 5.92. The van der Waals surface area contributed by atoms with Crippen LogP contribution in [0.15, 0.2) is 66.2 Å². The van der Waals surface area contributed by atoms with Crippen LogP contribution in [-0.2, 0) is 11.2 Å². The van der Waals surface area contributed by atoms with Gasteiger partial charge in [-0.1, -0.05) is 42.5 Å². The number of benzene rings is 1. The van der Waals surface area contributed by atoms with Crippen molar-refractivity contribution in [1.82, 2.24) is 15.0 Å². The summed E-state index contributed by atoms with van der Waals surface area (Å²) in [5.74, 6) is 0.370. The Morgan fingerprint density at radius 3 is 2.96 bits per heavy atom. The van der Waals surface area contributed by atoms with Gasteiger partial charge < -0.3 is 10.3 Å². The van der Waals surface area contributed by atoms with Gasteiger partial charge in [0.2, 0.25) is 5.91 Å². The van der Waals surface area contributed by atoms with Gasteiger partial charge in [0.05, 0.1) is 12.1 Å². The predicted molar refractivity (Wildman–Crippen MR) is 99.6 cm³/mol. The SMILES string of the molecule is O=C(Cc1ccccc1)Nc1cc(-c2c[nH]c3c2=CCC=CN=3)ncn1. The molecule has 0 radical (unpaired) electrons. The number of H-pyrrole nitrogens is 1. The Morgan fingerprint density at radius 2 is 2.08 bits per heavy atom. The zero-order valence-electron chi connectivity index (χ0n) is 14.0. The third-order valence-electron chi connectivity index (χ3n) is 4.08. The molecular formula is C20H17N5O. The molecule has 1 aromatic carbocycles. The normalized spacial score (nSPS) is 12.5. The molecule has 4 rings (SSSR count). The monoisotopic (exact) mass is 343 g/mol. The summed E-state index contributed by atoms with van der Waals surface area (Å²) in [5, 5.41) is 3.85. The van der Waals surface area contributed by atoms with Crippen molar-refractivity contribution in [3.8, 4) is 11.3 Å². The highest BCUT2D eigenvalue weighted by atomic mass is 16.1. The molecular weight excluding hydrogens is 326 g/mol. The van der Waals surface area contributed by atoms with Gasteiger partial charge in [0, 0.05) is 29.2 Å². The summed E-state index contributed by atoms with van der Waals surface area (Å²) in [6.45, 7) is 0. The van der Waals surface area contributed by atoms with Gasteiger partial charge in [0.25, 0.3) is 0 Å². The van der Waals surface area contributed by atoms with E-state index >= 15 is 0 Å². The Labute approximate surface area is 150 Å². The van der Waals surface area contributed by atoms with E-state index in [0.29, 0.717) is 12.2 Å². The molecule has 2 N–H and O–H groups in total. The predicted octanol–water partition coefficient (Wildman–Crippen LogP) is 1.97. The minimum absolute atomic E-state index is 0.112. The van der Waals surface area contributed by atoms with E-state index in [2.05, 4.69) is 31.3 Å². The third-order valence-corrected chi connectivity index (χ3v) is 4.08. The summed E-state index contributed by atoms with van der Waals surface area (Å²) >= 11 is 0. The highest BCUT2D eigenvalue weighted by Gasteiger charge is 2.09. The van der Waals surface area contributed by atoms with Crippen molar-refractivity contribution in [2.24, 2.45) is 4.99 Å². The van der Waals surface area contributed by atoms with Gasteiger partial charge in [-0.2, -0.15) is 0 Å². The number of carbonyl (C=O) groups is 1. The average molecular weight is 343 g/mol. The molecule has 0 atom stereocenters. The minimum Gasteiger partial charge on any atom is -0.345 e. The molecule has 0 aliphatic carbocycles. The number of hydrogen-bond donors (Lipinski definition) is 2. The van der Waals surface area contributed by atoms with Gasteiger partial charge in [-0.25, -0.2) is 15.0 Å².